The van der Waals surface area contributed by atoms with Crippen LogP contribution in [-0.2, 0) is 6.54 Å². The molecule has 0 fully saturated rings. The monoisotopic (exact) mass is 338 g/mol. The Labute approximate surface area is 127 Å². The van der Waals surface area contributed by atoms with Gasteiger partial charge in [-0.25, -0.2) is 0 Å². The lowest BCUT2D eigenvalue weighted by Gasteiger charge is -2.17. The van der Waals surface area contributed by atoms with E-state index in [1.54, 1.807) is 0 Å². The number of hydrogen-bond donors (Lipinski definition) is 1. The predicted octanol–water partition coefficient (Wildman–Crippen LogP) is 4.81. The molecule has 1 heterocycles. The first-order chi connectivity index (χ1) is 8.97. The maximum Gasteiger partial charge on any atom is 0.0494 e. The van der Waals surface area contributed by atoms with Crippen molar-refractivity contribution in [2.24, 2.45) is 0 Å². The van der Waals surface area contributed by atoms with Gasteiger partial charge in [0, 0.05) is 46.2 Å². The van der Waals surface area contributed by atoms with E-state index in [1.807, 2.05) is 11.3 Å². The molecule has 1 N–H and O–H groups in total. The summed E-state index contributed by atoms with van der Waals surface area (Å²) in [6.07, 6.45) is 0. The van der Waals surface area contributed by atoms with E-state index in [0.29, 0.717) is 0 Å². The van der Waals surface area contributed by atoms with Gasteiger partial charge in [-0.2, -0.15) is 0 Å². The lowest BCUT2D eigenvalue weighted by Crippen LogP contribution is -2.10. The van der Waals surface area contributed by atoms with E-state index in [1.165, 1.54) is 25.5 Å². The van der Waals surface area contributed by atoms with Gasteiger partial charge < -0.3 is 10.2 Å². The second kappa shape index (κ2) is 5.97. The van der Waals surface area contributed by atoms with E-state index >= 15 is 0 Å². The lowest BCUT2D eigenvalue weighted by atomic mass is 10.1. The first kappa shape index (κ1) is 14.4. The third-order valence-electron chi connectivity index (χ3n) is 3.07. The molecule has 0 amide bonds. The van der Waals surface area contributed by atoms with Crippen molar-refractivity contribution >= 4 is 38.6 Å². The zero-order valence-electron chi connectivity index (χ0n) is 11.7. The summed E-state index contributed by atoms with van der Waals surface area (Å²) < 4.78 is 1.20. The first-order valence-corrected chi connectivity index (χ1v) is 7.85. The first-order valence-electron chi connectivity index (χ1n) is 6.24. The molecule has 2 aromatic rings. The molecule has 0 bridgehead atoms. The number of nitrogens with one attached hydrogen (secondary N) is 1. The van der Waals surface area contributed by atoms with Gasteiger partial charge in [0.25, 0.3) is 0 Å². The molecule has 0 aliphatic carbocycles. The number of aryl methyl sites for hydroxylation is 2. The Morgan fingerprint density at radius 3 is 2.53 bits per heavy atom. The van der Waals surface area contributed by atoms with Crippen LogP contribution in [0.5, 0.6) is 0 Å². The maximum atomic E-state index is 3.56. The van der Waals surface area contributed by atoms with Gasteiger partial charge in [-0.15, -0.1) is 11.3 Å². The highest BCUT2D eigenvalue weighted by Gasteiger charge is 2.05. The van der Waals surface area contributed by atoms with Gasteiger partial charge in [-0.05, 0) is 53.5 Å². The van der Waals surface area contributed by atoms with Crippen molar-refractivity contribution < 1.29 is 0 Å². The summed E-state index contributed by atoms with van der Waals surface area (Å²) in [6.45, 7) is 5.14. The van der Waals surface area contributed by atoms with Gasteiger partial charge in [0.15, 0.2) is 0 Å². The average Bonchev–Trinajstić information content (AvgIpc) is 2.67. The number of rotatable bonds is 4. The van der Waals surface area contributed by atoms with E-state index in [-0.39, 0.29) is 0 Å². The van der Waals surface area contributed by atoms with Crippen LogP contribution in [0.3, 0.4) is 0 Å². The molecule has 0 unspecified atom stereocenters. The minimum absolute atomic E-state index is 0.868. The van der Waals surface area contributed by atoms with Crippen LogP contribution in [0, 0.1) is 13.8 Å². The Balaban J connectivity index is 2.09. The van der Waals surface area contributed by atoms with E-state index in [2.05, 4.69) is 78.4 Å². The van der Waals surface area contributed by atoms with Gasteiger partial charge >= 0.3 is 0 Å². The summed E-state index contributed by atoms with van der Waals surface area (Å²) in [5, 5.41) is 3.49. The zero-order valence-corrected chi connectivity index (χ0v) is 14.2. The highest BCUT2D eigenvalue weighted by molar-refractivity contribution is 9.10. The zero-order chi connectivity index (χ0) is 14.0. The van der Waals surface area contributed by atoms with Crippen LogP contribution in [0.4, 0.5) is 11.4 Å². The molecule has 0 radical (unpaired) electrons. The Hall–Kier alpha value is -1.00. The largest absolute Gasteiger partial charge is 0.380 e. The topological polar surface area (TPSA) is 15.3 Å². The van der Waals surface area contributed by atoms with Gasteiger partial charge in [0.05, 0.1) is 0 Å². The van der Waals surface area contributed by atoms with Crippen LogP contribution in [0.15, 0.2) is 28.7 Å². The van der Waals surface area contributed by atoms with Crippen LogP contribution in [0.25, 0.3) is 0 Å². The second-order valence-electron chi connectivity index (χ2n) is 4.87. The van der Waals surface area contributed by atoms with E-state index in [0.717, 1.165) is 12.2 Å². The Morgan fingerprint density at radius 2 is 1.95 bits per heavy atom. The molecule has 1 aromatic heterocycles. The van der Waals surface area contributed by atoms with Gasteiger partial charge in [-0.1, -0.05) is 6.07 Å². The highest BCUT2D eigenvalue weighted by atomic mass is 79.9. The molecule has 4 heteroatoms. The van der Waals surface area contributed by atoms with Crippen molar-refractivity contribution in [1.82, 2.24) is 0 Å². The number of benzene rings is 1. The summed E-state index contributed by atoms with van der Waals surface area (Å²) in [6, 6.07) is 8.68. The Morgan fingerprint density at radius 1 is 1.21 bits per heavy atom. The molecule has 2 nitrogen and oxygen atoms in total. The summed E-state index contributed by atoms with van der Waals surface area (Å²) in [4.78, 5) is 4.82. The summed E-state index contributed by atoms with van der Waals surface area (Å²) in [5.41, 5.74) is 3.72. The van der Waals surface area contributed by atoms with Crippen molar-refractivity contribution in [2.75, 3.05) is 24.3 Å². The van der Waals surface area contributed by atoms with Crippen molar-refractivity contribution in [3.8, 4) is 0 Å². The van der Waals surface area contributed by atoms with Crippen LogP contribution in [0.1, 0.15) is 15.3 Å². The molecule has 2 rings (SSSR count). The minimum Gasteiger partial charge on any atom is -0.380 e. The van der Waals surface area contributed by atoms with E-state index < -0.39 is 0 Å². The number of nitrogens with zero attached hydrogens (tertiary/aromatic N) is 1. The number of anilines is 2. The summed E-state index contributed by atoms with van der Waals surface area (Å²) >= 11 is 5.39. The van der Waals surface area contributed by atoms with Crippen LogP contribution in [0.2, 0.25) is 0 Å². The standard InChI is InChI=1S/C15H19BrN2S/c1-10-5-6-12(7-15(10)18(3)4)17-9-13-8-14(16)11(2)19-13/h5-8,17H,9H2,1-4H3. The van der Waals surface area contributed by atoms with Crippen LogP contribution >= 0.6 is 27.3 Å². The van der Waals surface area contributed by atoms with Crippen molar-refractivity contribution in [3.63, 3.8) is 0 Å². The maximum absolute atomic E-state index is 3.56. The quantitative estimate of drug-likeness (QED) is 0.860. The lowest BCUT2D eigenvalue weighted by molar-refractivity contribution is 1.11. The SMILES string of the molecule is Cc1ccc(NCc2cc(Br)c(C)s2)cc1N(C)C. The van der Waals surface area contributed by atoms with Gasteiger partial charge in [0.2, 0.25) is 0 Å². The molecule has 102 valence electrons. The van der Waals surface area contributed by atoms with E-state index in [4.69, 9.17) is 0 Å². The third kappa shape index (κ3) is 3.51. The fourth-order valence-corrected chi connectivity index (χ4v) is 3.54. The van der Waals surface area contributed by atoms with Gasteiger partial charge in [-0.3, -0.25) is 0 Å². The van der Waals surface area contributed by atoms with Gasteiger partial charge in [0.1, 0.15) is 0 Å². The summed E-state index contributed by atoms with van der Waals surface area (Å²) in [5.74, 6) is 0. The Bertz CT molecular complexity index is 556. The van der Waals surface area contributed by atoms with Crippen molar-refractivity contribution in [2.45, 2.75) is 20.4 Å². The molecule has 0 saturated carbocycles. The second-order valence-corrected chi connectivity index (χ2v) is 7.06. The molecule has 0 saturated heterocycles. The van der Waals surface area contributed by atoms with E-state index in [9.17, 15) is 0 Å². The summed E-state index contributed by atoms with van der Waals surface area (Å²) in [7, 11) is 4.15. The molecular weight excluding hydrogens is 320 g/mol. The number of thiophene rings is 1. The highest BCUT2D eigenvalue weighted by Crippen LogP contribution is 2.28. The molecule has 0 aliphatic heterocycles. The van der Waals surface area contributed by atoms with Crippen LogP contribution < -0.4 is 10.2 Å². The fourth-order valence-electron chi connectivity index (χ4n) is 2.00. The van der Waals surface area contributed by atoms with Crippen molar-refractivity contribution in [3.05, 3.63) is 44.1 Å². The fraction of sp³-hybridized carbons (Fsp3) is 0.333. The Kier molecular flexibility index (Phi) is 4.53. The average molecular weight is 339 g/mol. The predicted molar refractivity (Wildman–Crippen MR) is 89.6 cm³/mol. The van der Waals surface area contributed by atoms with Crippen LogP contribution in [-0.4, -0.2) is 14.1 Å². The third-order valence-corrected chi connectivity index (χ3v) is 5.20. The molecule has 0 spiro atoms. The minimum atomic E-state index is 0.868. The normalized spacial score (nSPS) is 10.6. The molecule has 19 heavy (non-hydrogen) atoms. The molecule has 1 aromatic carbocycles. The smallest absolute Gasteiger partial charge is 0.0494 e. The number of halogens is 1. The molecular formula is C15H19BrN2S. The molecule has 0 atom stereocenters. The number of hydrogen-bond acceptors (Lipinski definition) is 3. The molecule has 0 aliphatic rings. The van der Waals surface area contributed by atoms with Crippen molar-refractivity contribution in [1.29, 1.82) is 0 Å².